The second-order valence-electron chi connectivity index (χ2n) is 17.1. The number of carbonyl (C=O) groups excluding carboxylic acids is 4. The Morgan fingerprint density at radius 2 is 1.33 bits per heavy atom. The minimum absolute atomic E-state index is 0.102. The number of ether oxygens (including phenoxy) is 2. The van der Waals surface area contributed by atoms with Crippen LogP contribution in [0.3, 0.4) is 0 Å². The van der Waals surface area contributed by atoms with Crippen LogP contribution in [0.15, 0.2) is 41.3 Å². The Labute approximate surface area is 304 Å². The third-order valence-corrected chi connectivity index (χ3v) is 10.0. The molecule has 15 nitrogen and oxygen atoms in total. The monoisotopic (exact) mass is 720 g/mol. The molecule has 4 fully saturated rings. The summed E-state index contributed by atoms with van der Waals surface area (Å²) in [4.78, 5) is 73.7. The number of piperidine rings is 1. The van der Waals surface area contributed by atoms with E-state index < -0.39 is 28.5 Å². The Morgan fingerprint density at radius 1 is 0.769 bits per heavy atom. The number of hydrogen-bond donors (Lipinski definition) is 3. The first-order chi connectivity index (χ1) is 24.2. The third kappa shape index (κ3) is 8.68. The van der Waals surface area contributed by atoms with Gasteiger partial charge in [-0.3, -0.25) is 19.6 Å². The molecule has 3 N–H and O–H groups in total. The van der Waals surface area contributed by atoms with Gasteiger partial charge in [-0.2, -0.15) is 4.98 Å². The van der Waals surface area contributed by atoms with Crippen molar-refractivity contribution in [2.24, 2.45) is 23.7 Å². The van der Waals surface area contributed by atoms with Gasteiger partial charge in [0.15, 0.2) is 0 Å². The topological polar surface area (TPSA) is 167 Å². The number of benzene rings is 1. The largest absolute Gasteiger partial charge is 0.444 e. The minimum atomic E-state index is -1.14. The molecule has 3 saturated heterocycles. The van der Waals surface area contributed by atoms with Gasteiger partial charge in [0.25, 0.3) is 0 Å². The molecule has 4 heterocycles. The summed E-state index contributed by atoms with van der Waals surface area (Å²) >= 11 is 0. The third-order valence-electron chi connectivity index (χ3n) is 10.0. The highest BCUT2D eigenvalue weighted by Crippen LogP contribution is 2.46. The van der Waals surface area contributed by atoms with E-state index in [0.717, 1.165) is 25.2 Å². The number of aromatic nitrogens is 2. The summed E-state index contributed by atoms with van der Waals surface area (Å²) in [5.41, 5.74) is -1.06. The maximum Gasteiger partial charge on any atom is 0.408 e. The van der Waals surface area contributed by atoms with Gasteiger partial charge >= 0.3 is 23.9 Å². The molecule has 4 atom stereocenters. The fraction of sp³-hybridized carbons (Fsp3) is 0.622. The normalized spacial score (nSPS) is 24.2. The number of likely N-dealkylation sites (tertiary alicyclic amines) is 3. The van der Waals surface area contributed by atoms with Crippen LogP contribution in [0.5, 0.6) is 0 Å². The first kappa shape index (κ1) is 37.1. The summed E-state index contributed by atoms with van der Waals surface area (Å²) in [6, 6.07) is 9.18. The molecule has 15 heteroatoms. The van der Waals surface area contributed by atoms with Crippen molar-refractivity contribution in [2.75, 3.05) is 44.6 Å². The van der Waals surface area contributed by atoms with Crippen LogP contribution in [0.1, 0.15) is 61.0 Å². The smallest absolute Gasteiger partial charge is 0.408 e. The highest BCUT2D eigenvalue weighted by Gasteiger charge is 2.56. The summed E-state index contributed by atoms with van der Waals surface area (Å²) < 4.78 is 12.1. The minimum Gasteiger partial charge on any atom is -0.444 e. The Morgan fingerprint density at radius 3 is 1.88 bits per heavy atom. The van der Waals surface area contributed by atoms with Crippen LogP contribution in [0.4, 0.5) is 20.2 Å². The average Bonchev–Trinajstić information content (AvgIpc) is 3.40. The van der Waals surface area contributed by atoms with E-state index in [0.29, 0.717) is 43.7 Å². The summed E-state index contributed by atoms with van der Waals surface area (Å²) in [6.45, 7) is 18.7. The number of alkyl carbamates (subject to hydrolysis) is 2. The van der Waals surface area contributed by atoms with Crippen LogP contribution < -0.4 is 21.6 Å². The van der Waals surface area contributed by atoms with E-state index in [1.165, 1.54) is 4.57 Å². The molecule has 2 aromatic rings. The predicted octanol–water partition coefficient (Wildman–Crippen LogP) is 3.41. The summed E-state index contributed by atoms with van der Waals surface area (Å²) in [5.74, 6) is 1.05. The second-order valence-corrected chi connectivity index (χ2v) is 17.1. The number of urea groups is 1. The summed E-state index contributed by atoms with van der Waals surface area (Å²) in [6.07, 6.45) is 0.591. The molecule has 282 valence electrons. The van der Waals surface area contributed by atoms with E-state index in [9.17, 15) is 24.0 Å². The van der Waals surface area contributed by atoms with Gasteiger partial charge in [0, 0.05) is 69.9 Å². The number of fused-ring (bicyclic) bond motifs is 2. The molecule has 0 bridgehead atoms. The number of amides is 5. The predicted molar refractivity (Wildman–Crippen MR) is 193 cm³/mol. The van der Waals surface area contributed by atoms with Gasteiger partial charge in [0.2, 0.25) is 5.91 Å². The highest BCUT2D eigenvalue weighted by molar-refractivity contribution is 5.90. The van der Waals surface area contributed by atoms with Crippen LogP contribution in [0.25, 0.3) is 5.69 Å². The van der Waals surface area contributed by atoms with E-state index in [4.69, 9.17) is 9.47 Å². The lowest BCUT2D eigenvalue weighted by molar-refractivity contribution is -0.136. The molecule has 5 amide bonds. The molecule has 4 unspecified atom stereocenters. The van der Waals surface area contributed by atoms with E-state index in [1.807, 2.05) is 45.0 Å². The van der Waals surface area contributed by atoms with Gasteiger partial charge in [0.1, 0.15) is 22.6 Å². The number of anilines is 1. The van der Waals surface area contributed by atoms with Crippen molar-refractivity contribution in [1.82, 2.24) is 34.9 Å². The Bertz CT molecular complexity index is 1740. The summed E-state index contributed by atoms with van der Waals surface area (Å²) in [5, 5.41) is 8.44. The van der Waals surface area contributed by atoms with Crippen molar-refractivity contribution >= 4 is 29.9 Å². The molecule has 0 spiro atoms. The lowest BCUT2D eigenvalue weighted by atomic mass is 10.0. The average molecular weight is 721 g/mol. The molecule has 1 saturated carbocycles. The molecular formula is C37H52N8O7. The first-order valence-corrected chi connectivity index (χ1v) is 18.0. The SMILES string of the molecule is CC(C)(C)OC(=O)NC1C2CN(Cc3ccc(-n4ccc(NC(=O)N5CC6CN(C(=O)C(C)(C)NC(=O)OC(C)(C)C)CC6C5)nc4=O)cc3)CC21. The Balaban J connectivity index is 0.949. The van der Waals surface area contributed by atoms with E-state index in [2.05, 4.69) is 25.8 Å². The Kier molecular flexibility index (Phi) is 9.79. The lowest BCUT2D eigenvalue weighted by Crippen LogP contribution is -2.56. The molecule has 6 rings (SSSR count). The van der Waals surface area contributed by atoms with Crippen LogP contribution in [0.2, 0.25) is 0 Å². The number of hydrogen-bond acceptors (Lipinski definition) is 9. The van der Waals surface area contributed by atoms with E-state index >= 15 is 0 Å². The van der Waals surface area contributed by atoms with E-state index in [-0.39, 0.29) is 41.7 Å². The van der Waals surface area contributed by atoms with Crippen LogP contribution in [-0.2, 0) is 20.8 Å². The van der Waals surface area contributed by atoms with Crippen molar-refractivity contribution < 1.29 is 28.7 Å². The van der Waals surface area contributed by atoms with Crippen molar-refractivity contribution in [3.8, 4) is 5.69 Å². The molecule has 0 radical (unpaired) electrons. The van der Waals surface area contributed by atoms with Crippen LogP contribution >= 0.6 is 0 Å². The van der Waals surface area contributed by atoms with Crippen LogP contribution in [0, 0.1) is 23.7 Å². The first-order valence-electron chi connectivity index (χ1n) is 18.0. The number of nitrogens with one attached hydrogen (secondary N) is 3. The molecule has 1 aliphatic carbocycles. The molecule has 4 aliphatic rings. The zero-order valence-corrected chi connectivity index (χ0v) is 31.4. The maximum absolute atomic E-state index is 13.3. The van der Waals surface area contributed by atoms with Gasteiger partial charge in [-0.1, -0.05) is 12.1 Å². The lowest BCUT2D eigenvalue weighted by Gasteiger charge is -2.32. The molecule has 1 aromatic heterocycles. The van der Waals surface area contributed by atoms with Crippen LogP contribution in [-0.4, -0.2) is 110 Å². The number of nitrogens with zero attached hydrogens (tertiary/aromatic N) is 5. The zero-order valence-electron chi connectivity index (χ0n) is 31.4. The quantitative estimate of drug-likeness (QED) is 0.389. The fourth-order valence-corrected chi connectivity index (χ4v) is 7.61. The molecular weight excluding hydrogens is 668 g/mol. The maximum atomic E-state index is 13.3. The zero-order chi connectivity index (χ0) is 37.7. The molecule has 52 heavy (non-hydrogen) atoms. The van der Waals surface area contributed by atoms with Crippen molar-refractivity contribution in [3.05, 3.63) is 52.6 Å². The van der Waals surface area contributed by atoms with Gasteiger partial charge in [0.05, 0.1) is 5.69 Å². The molecule has 1 aromatic carbocycles. The van der Waals surface area contributed by atoms with Gasteiger partial charge in [-0.25, -0.2) is 19.2 Å². The highest BCUT2D eigenvalue weighted by atomic mass is 16.6. The van der Waals surface area contributed by atoms with Gasteiger partial charge in [-0.15, -0.1) is 0 Å². The van der Waals surface area contributed by atoms with Gasteiger partial charge in [-0.05, 0) is 91.0 Å². The fourth-order valence-electron chi connectivity index (χ4n) is 7.61. The van der Waals surface area contributed by atoms with Gasteiger partial charge < -0.3 is 29.9 Å². The second kappa shape index (κ2) is 13.7. The summed E-state index contributed by atoms with van der Waals surface area (Å²) in [7, 11) is 0. The van der Waals surface area contributed by atoms with Crippen molar-refractivity contribution in [1.29, 1.82) is 0 Å². The van der Waals surface area contributed by atoms with Crippen molar-refractivity contribution in [3.63, 3.8) is 0 Å². The number of carbonyl (C=O) groups is 4. The Hall–Kier alpha value is -4.66. The molecule has 3 aliphatic heterocycles. The standard InChI is InChI=1S/C37H52N8O7/c1-35(2,3)51-33(49)40-29-26-20-42(21-27(26)29)15-22-9-11-25(12-10-22)45-14-13-28(39-32(45)48)38-31(47)44-18-23-16-43(17-24(23)19-44)30(46)37(7,8)41-34(50)52-36(4,5)6/h9-14,23-24,26-27,29H,15-21H2,1-8H3,(H,40,49)(H,41,50)(H,38,39,47,48). The van der Waals surface area contributed by atoms with Crippen molar-refractivity contribution in [2.45, 2.75) is 84.7 Å². The number of rotatable bonds is 7. The van der Waals surface area contributed by atoms with E-state index in [1.54, 1.807) is 56.7 Å².